The van der Waals surface area contributed by atoms with Gasteiger partial charge in [0.05, 0.1) is 18.1 Å². The Kier molecular flexibility index (Phi) is 4.75. The van der Waals surface area contributed by atoms with Crippen LogP contribution in [0.5, 0.6) is 0 Å². The van der Waals surface area contributed by atoms with E-state index in [1.54, 1.807) is 18.3 Å². The fourth-order valence-corrected chi connectivity index (χ4v) is 3.28. The standard InChI is InChI=1S/C15H21N3O3S/c1-15(11-12(17-21-15)13-3-2-10-22-13)14(19)16-4-5-18-6-8-20-9-7-18/h2-3,10H,4-9,11H2,1H3,(H,16,19)/t15-/m1/s1. The van der Waals surface area contributed by atoms with E-state index in [1.165, 1.54) is 0 Å². The van der Waals surface area contributed by atoms with Crippen LogP contribution in [0.15, 0.2) is 22.7 Å². The topological polar surface area (TPSA) is 63.2 Å². The van der Waals surface area contributed by atoms with Crippen molar-refractivity contribution >= 4 is 23.0 Å². The average Bonchev–Trinajstić information content (AvgIpc) is 3.18. The van der Waals surface area contributed by atoms with Crippen LogP contribution in [0.2, 0.25) is 0 Å². The zero-order chi connectivity index (χ0) is 15.4. The summed E-state index contributed by atoms with van der Waals surface area (Å²) in [6.45, 7) is 6.64. The number of nitrogens with one attached hydrogen (secondary N) is 1. The maximum atomic E-state index is 12.4. The molecule has 3 rings (SSSR count). The molecule has 0 spiro atoms. The lowest BCUT2D eigenvalue weighted by atomic mass is 9.98. The third kappa shape index (κ3) is 3.48. The molecule has 1 atom stereocenters. The van der Waals surface area contributed by atoms with Crippen LogP contribution in [0.25, 0.3) is 0 Å². The molecule has 1 fully saturated rings. The van der Waals surface area contributed by atoms with E-state index >= 15 is 0 Å². The van der Waals surface area contributed by atoms with E-state index in [-0.39, 0.29) is 5.91 Å². The van der Waals surface area contributed by atoms with Gasteiger partial charge in [-0.05, 0) is 18.4 Å². The summed E-state index contributed by atoms with van der Waals surface area (Å²) in [4.78, 5) is 21.2. The molecule has 0 radical (unpaired) electrons. The normalized spacial score (nSPS) is 25.6. The van der Waals surface area contributed by atoms with Gasteiger partial charge in [-0.2, -0.15) is 0 Å². The van der Waals surface area contributed by atoms with Gasteiger partial charge in [-0.15, -0.1) is 11.3 Å². The summed E-state index contributed by atoms with van der Waals surface area (Å²) >= 11 is 1.61. The second kappa shape index (κ2) is 6.76. The van der Waals surface area contributed by atoms with Gasteiger partial charge in [0.2, 0.25) is 5.60 Å². The van der Waals surface area contributed by atoms with Crippen molar-refractivity contribution in [1.29, 1.82) is 0 Å². The second-order valence-corrected chi connectivity index (χ2v) is 6.67. The van der Waals surface area contributed by atoms with Crippen LogP contribution in [-0.4, -0.2) is 61.5 Å². The Labute approximate surface area is 134 Å². The first kappa shape index (κ1) is 15.5. The maximum absolute atomic E-state index is 12.4. The smallest absolute Gasteiger partial charge is 0.267 e. The number of amides is 1. The molecule has 1 saturated heterocycles. The molecule has 0 aromatic carbocycles. The van der Waals surface area contributed by atoms with Crippen LogP contribution in [0, 0.1) is 0 Å². The van der Waals surface area contributed by atoms with E-state index < -0.39 is 5.60 Å². The zero-order valence-electron chi connectivity index (χ0n) is 12.7. The number of carbonyl (C=O) groups is 1. The van der Waals surface area contributed by atoms with Crippen molar-refractivity contribution in [2.75, 3.05) is 39.4 Å². The number of rotatable bonds is 5. The van der Waals surface area contributed by atoms with Gasteiger partial charge in [-0.1, -0.05) is 11.2 Å². The molecule has 7 heteroatoms. The minimum atomic E-state index is -0.898. The third-order valence-corrected chi connectivity index (χ3v) is 4.88. The molecule has 1 aromatic heterocycles. The molecule has 0 saturated carbocycles. The summed E-state index contributed by atoms with van der Waals surface area (Å²) in [6.07, 6.45) is 0.511. The highest BCUT2D eigenvalue weighted by Crippen LogP contribution is 2.28. The molecule has 1 N–H and O–H groups in total. The molecule has 0 bridgehead atoms. The van der Waals surface area contributed by atoms with Crippen LogP contribution in [-0.2, 0) is 14.4 Å². The lowest BCUT2D eigenvalue weighted by Gasteiger charge is -2.27. The number of ether oxygens (including phenoxy) is 1. The predicted octanol–water partition coefficient (Wildman–Crippen LogP) is 1.08. The van der Waals surface area contributed by atoms with E-state index in [0.29, 0.717) is 13.0 Å². The van der Waals surface area contributed by atoms with Crippen LogP contribution in [0.3, 0.4) is 0 Å². The molecule has 1 aromatic rings. The molecular weight excluding hydrogens is 302 g/mol. The van der Waals surface area contributed by atoms with Crippen LogP contribution >= 0.6 is 11.3 Å². The monoisotopic (exact) mass is 323 g/mol. The SMILES string of the molecule is C[C@]1(C(=O)NCCN2CCOCC2)CC(c2cccs2)=NO1. The van der Waals surface area contributed by atoms with Gasteiger partial charge < -0.3 is 14.9 Å². The fourth-order valence-electron chi connectivity index (χ4n) is 2.58. The van der Waals surface area contributed by atoms with Gasteiger partial charge in [0, 0.05) is 32.6 Å². The Balaban J connectivity index is 1.46. The molecule has 22 heavy (non-hydrogen) atoms. The average molecular weight is 323 g/mol. The summed E-state index contributed by atoms with van der Waals surface area (Å²) < 4.78 is 5.31. The Hall–Kier alpha value is -1.44. The van der Waals surface area contributed by atoms with Gasteiger partial charge in [-0.3, -0.25) is 9.69 Å². The van der Waals surface area contributed by atoms with Crippen molar-refractivity contribution in [3.63, 3.8) is 0 Å². The van der Waals surface area contributed by atoms with Gasteiger partial charge in [0.15, 0.2) is 0 Å². The van der Waals surface area contributed by atoms with Crippen molar-refractivity contribution in [3.8, 4) is 0 Å². The van der Waals surface area contributed by atoms with E-state index in [2.05, 4.69) is 15.4 Å². The number of hydrogen-bond acceptors (Lipinski definition) is 6. The first-order chi connectivity index (χ1) is 10.7. The maximum Gasteiger partial charge on any atom is 0.267 e. The highest BCUT2D eigenvalue weighted by molar-refractivity contribution is 7.12. The van der Waals surface area contributed by atoms with Crippen molar-refractivity contribution < 1.29 is 14.4 Å². The lowest BCUT2D eigenvalue weighted by molar-refractivity contribution is -0.141. The predicted molar refractivity (Wildman–Crippen MR) is 85.2 cm³/mol. The molecular formula is C15H21N3O3S. The van der Waals surface area contributed by atoms with E-state index in [9.17, 15) is 4.79 Å². The number of oxime groups is 1. The number of thiophene rings is 1. The Morgan fingerprint density at radius 3 is 3.05 bits per heavy atom. The molecule has 1 amide bonds. The number of hydrogen-bond donors (Lipinski definition) is 1. The van der Waals surface area contributed by atoms with Gasteiger partial charge in [0.25, 0.3) is 5.91 Å². The quantitative estimate of drug-likeness (QED) is 0.881. The largest absolute Gasteiger partial charge is 0.379 e. The minimum absolute atomic E-state index is 0.101. The summed E-state index contributed by atoms with van der Waals surface area (Å²) in [5.74, 6) is -0.101. The first-order valence-corrected chi connectivity index (χ1v) is 8.43. The summed E-state index contributed by atoms with van der Waals surface area (Å²) in [6, 6.07) is 3.97. The van der Waals surface area contributed by atoms with Crippen molar-refractivity contribution in [2.24, 2.45) is 5.16 Å². The second-order valence-electron chi connectivity index (χ2n) is 5.72. The molecule has 0 unspecified atom stereocenters. The van der Waals surface area contributed by atoms with Crippen molar-refractivity contribution in [3.05, 3.63) is 22.4 Å². The highest BCUT2D eigenvalue weighted by atomic mass is 32.1. The Morgan fingerprint density at radius 2 is 2.32 bits per heavy atom. The lowest BCUT2D eigenvalue weighted by Crippen LogP contribution is -2.48. The first-order valence-electron chi connectivity index (χ1n) is 7.55. The van der Waals surface area contributed by atoms with Crippen molar-refractivity contribution in [1.82, 2.24) is 10.2 Å². The van der Waals surface area contributed by atoms with Crippen LogP contribution in [0.1, 0.15) is 18.2 Å². The van der Waals surface area contributed by atoms with Gasteiger partial charge in [-0.25, -0.2) is 0 Å². The number of morpholine rings is 1. The number of nitrogens with zero attached hydrogens (tertiary/aromatic N) is 2. The van der Waals surface area contributed by atoms with Crippen molar-refractivity contribution in [2.45, 2.75) is 18.9 Å². The molecule has 2 aliphatic heterocycles. The highest BCUT2D eigenvalue weighted by Gasteiger charge is 2.42. The van der Waals surface area contributed by atoms with Gasteiger partial charge >= 0.3 is 0 Å². The summed E-state index contributed by atoms with van der Waals surface area (Å²) in [7, 11) is 0. The molecule has 0 aliphatic carbocycles. The van der Waals surface area contributed by atoms with Crippen LogP contribution < -0.4 is 5.32 Å². The molecule has 2 aliphatic rings. The van der Waals surface area contributed by atoms with E-state index in [1.807, 2.05) is 17.5 Å². The molecule has 3 heterocycles. The Bertz CT molecular complexity index is 540. The molecule has 6 nitrogen and oxygen atoms in total. The Morgan fingerprint density at radius 1 is 1.50 bits per heavy atom. The van der Waals surface area contributed by atoms with Gasteiger partial charge in [0.1, 0.15) is 5.71 Å². The van der Waals surface area contributed by atoms with E-state index in [4.69, 9.17) is 9.57 Å². The molecule has 120 valence electrons. The number of carbonyl (C=O) groups excluding carboxylic acids is 1. The zero-order valence-corrected chi connectivity index (χ0v) is 13.5. The van der Waals surface area contributed by atoms with Crippen LogP contribution in [0.4, 0.5) is 0 Å². The van der Waals surface area contributed by atoms with E-state index in [0.717, 1.165) is 43.4 Å². The summed E-state index contributed by atoms with van der Waals surface area (Å²) in [5, 5.41) is 9.05. The fraction of sp³-hybridized carbons (Fsp3) is 0.600. The third-order valence-electron chi connectivity index (χ3n) is 3.97. The summed E-state index contributed by atoms with van der Waals surface area (Å²) in [5.41, 5.74) is -0.0505. The minimum Gasteiger partial charge on any atom is -0.379 e.